The van der Waals surface area contributed by atoms with Crippen LogP contribution >= 0.6 is 23.2 Å². The maximum absolute atomic E-state index is 13.2. The molecular formula is C28H24Cl2N2O5. The molecule has 0 aromatic heterocycles. The normalized spacial score (nSPS) is 14.6. The zero-order chi connectivity index (χ0) is 26.5. The number of ether oxygens (including phenoxy) is 2. The molecule has 190 valence electrons. The minimum absolute atomic E-state index is 0.204. The highest BCUT2D eigenvalue weighted by molar-refractivity contribution is 6.39. The molecule has 0 saturated carbocycles. The molecule has 4 rings (SSSR count). The highest BCUT2D eigenvalue weighted by atomic mass is 35.5. The van der Waals surface area contributed by atoms with Gasteiger partial charge < -0.3 is 9.47 Å². The van der Waals surface area contributed by atoms with Crippen molar-refractivity contribution in [3.05, 3.63) is 93.0 Å². The Morgan fingerprint density at radius 3 is 2.35 bits per heavy atom. The number of urea groups is 1. The first kappa shape index (κ1) is 26.3. The summed E-state index contributed by atoms with van der Waals surface area (Å²) < 4.78 is 11.6. The predicted molar refractivity (Wildman–Crippen MR) is 143 cm³/mol. The van der Waals surface area contributed by atoms with Gasteiger partial charge in [-0.3, -0.25) is 14.9 Å². The predicted octanol–water partition coefficient (Wildman–Crippen LogP) is 6.20. The highest BCUT2D eigenvalue weighted by Crippen LogP contribution is 2.38. The summed E-state index contributed by atoms with van der Waals surface area (Å²) in [4.78, 5) is 39.3. The van der Waals surface area contributed by atoms with Crippen molar-refractivity contribution in [3.8, 4) is 11.5 Å². The first-order chi connectivity index (χ1) is 17.8. The summed E-state index contributed by atoms with van der Waals surface area (Å²) in [6.07, 6.45) is 2.18. The van der Waals surface area contributed by atoms with Gasteiger partial charge in [0.15, 0.2) is 11.5 Å². The molecule has 3 aromatic carbocycles. The number of anilines is 1. The molecule has 1 saturated heterocycles. The third-order valence-corrected chi connectivity index (χ3v) is 6.14. The van der Waals surface area contributed by atoms with Crippen molar-refractivity contribution < 1.29 is 23.9 Å². The van der Waals surface area contributed by atoms with E-state index in [0.29, 0.717) is 34.4 Å². The number of amides is 4. The summed E-state index contributed by atoms with van der Waals surface area (Å²) in [6.45, 7) is 4.35. The number of imide groups is 2. The number of aryl methyl sites for hydroxylation is 1. The number of rotatable bonds is 8. The maximum Gasteiger partial charge on any atom is 0.335 e. The Kier molecular flexibility index (Phi) is 8.16. The Morgan fingerprint density at radius 2 is 1.68 bits per heavy atom. The van der Waals surface area contributed by atoms with Crippen molar-refractivity contribution in [2.75, 3.05) is 11.5 Å². The van der Waals surface area contributed by atoms with E-state index in [1.54, 1.807) is 36.4 Å². The molecule has 1 heterocycles. The van der Waals surface area contributed by atoms with Gasteiger partial charge in [-0.25, -0.2) is 9.69 Å². The number of nitrogens with zero attached hydrogens (tertiary/aromatic N) is 1. The fraction of sp³-hybridized carbons (Fsp3) is 0.179. The van der Waals surface area contributed by atoms with Crippen LogP contribution in [-0.4, -0.2) is 24.5 Å². The molecule has 0 bridgehead atoms. The molecule has 1 N–H and O–H groups in total. The summed E-state index contributed by atoms with van der Waals surface area (Å²) in [6, 6.07) is 16.6. The second-order valence-electron chi connectivity index (χ2n) is 8.16. The number of nitrogens with one attached hydrogen (secondary N) is 1. The van der Waals surface area contributed by atoms with Crippen molar-refractivity contribution in [2.24, 2.45) is 0 Å². The van der Waals surface area contributed by atoms with Crippen LogP contribution in [0.2, 0.25) is 10.0 Å². The van der Waals surface area contributed by atoms with E-state index >= 15 is 0 Å². The van der Waals surface area contributed by atoms with Gasteiger partial charge in [0.1, 0.15) is 12.2 Å². The molecule has 0 aliphatic carbocycles. The van der Waals surface area contributed by atoms with Gasteiger partial charge in [0, 0.05) is 5.02 Å². The molecule has 37 heavy (non-hydrogen) atoms. The van der Waals surface area contributed by atoms with E-state index in [1.165, 1.54) is 6.08 Å². The van der Waals surface area contributed by atoms with Crippen molar-refractivity contribution in [2.45, 2.75) is 26.9 Å². The summed E-state index contributed by atoms with van der Waals surface area (Å²) >= 11 is 12.6. The number of halogens is 2. The molecule has 1 fully saturated rings. The molecule has 1 aliphatic heterocycles. The molecule has 0 spiro atoms. The van der Waals surface area contributed by atoms with Crippen LogP contribution in [0, 0.1) is 0 Å². The fourth-order valence-corrected chi connectivity index (χ4v) is 4.28. The molecular weight excluding hydrogens is 515 g/mol. The molecule has 0 atom stereocenters. The summed E-state index contributed by atoms with van der Waals surface area (Å²) in [7, 11) is 0. The SMILES string of the molecule is CCOc1cc(/C=C2\C(=O)NC(=O)N(c3ccc(CC)cc3)C2=O)cc(Cl)c1OCc1cccc(Cl)c1. The minimum atomic E-state index is -0.811. The van der Waals surface area contributed by atoms with Crippen LogP contribution in [0.15, 0.2) is 66.2 Å². The lowest BCUT2D eigenvalue weighted by atomic mass is 10.1. The average Bonchev–Trinajstić information content (AvgIpc) is 2.86. The zero-order valence-corrected chi connectivity index (χ0v) is 21.7. The zero-order valence-electron chi connectivity index (χ0n) is 20.2. The van der Waals surface area contributed by atoms with Crippen LogP contribution in [0.1, 0.15) is 30.5 Å². The second kappa shape index (κ2) is 11.5. The van der Waals surface area contributed by atoms with Crippen LogP contribution in [0.3, 0.4) is 0 Å². The first-order valence-corrected chi connectivity index (χ1v) is 12.4. The van der Waals surface area contributed by atoms with Gasteiger partial charge in [-0.15, -0.1) is 0 Å². The number of carbonyl (C=O) groups is 3. The van der Waals surface area contributed by atoms with E-state index in [9.17, 15) is 14.4 Å². The van der Waals surface area contributed by atoms with Gasteiger partial charge in [0.2, 0.25) is 0 Å². The molecule has 1 aliphatic rings. The quantitative estimate of drug-likeness (QED) is 0.272. The fourth-order valence-electron chi connectivity index (χ4n) is 3.80. The molecule has 9 heteroatoms. The molecule has 4 amide bonds. The maximum atomic E-state index is 13.2. The van der Waals surface area contributed by atoms with Gasteiger partial charge in [-0.2, -0.15) is 0 Å². The van der Waals surface area contributed by atoms with Crippen molar-refractivity contribution >= 4 is 52.8 Å². The minimum Gasteiger partial charge on any atom is -0.490 e. The lowest BCUT2D eigenvalue weighted by molar-refractivity contribution is -0.122. The Balaban J connectivity index is 1.65. The van der Waals surface area contributed by atoms with Crippen LogP contribution in [-0.2, 0) is 22.6 Å². The average molecular weight is 539 g/mol. The molecule has 0 unspecified atom stereocenters. The summed E-state index contributed by atoms with van der Waals surface area (Å²) in [5.41, 5.74) is 2.47. The van der Waals surface area contributed by atoms with Crippen molar-refractivity contribution in [1.29, 1.82) is 0 Å². The van der Waals surface area contributed by atoms with Gasteiger partial charge in [-0.1, -0.05) is 54.4 Å². The van der Waals surface area contributed by atoms with Gasteiger partial charge in [-0.05, 0) is 72.5 Å². The summed E-state index contributed by atoms with van der Waals surface area (Å²) in [5, 5.41) is 3.04. The Hall–Kier alpha value is -3.81. The number of hydrogen-bond acceptors (Lipinski definition) is 5. The molecule has 7 nitrogen and oxygen atoms in total. The van der Waals surface area contributed by atoms with E-state index in [1.807, 2.05) is 38.1 Å². The smallest absolute Gasteiger partial charge is 0.335 e. The third kappa shape index (κ3) is 5.96. The second-order valence-corrected chi connectivity index (χ2v) is 9.00. The number of hydrogen-bond donors (Lipinski definition) is 1. The Bertz CT molecular complexity index is 1390. The van der Waals surface area contributed by atoms with Crippen molar-refractivity contribution in [1.82, 2.24) is 5.32 Å². The summed E-state index contributed by atoms with van der Waals surface area (Å²) in [5.74, 6) is -0.881. The van der Waals surface area contributed by atoms with Crippen LogP contribution in [0.4, 0.5) is 10.5 Å². The Morgan fingerprint density at radius 1 is 0.919 bits per heavy atom. The standard InChI is InChI=1S/C28H24Cl2N2O5/c1-3-17-8-10-21(11-9-17)32-27(34)22(26(33)31-28(32)35)13-19-14-23(30)25(24(15-19)36-4-2)37-16-18-6-5-7-20(29)12-18/h5-15H,3-4,16H2,1-2H3,(H,31,33,35)/b22-13+. The van der Waals surface area contributed by atoms with Gasteiger partial charge >= 0.3 is 6.03 Å². The van der Waals surface area contributed by atoms with Crippen LogP contribution in [0.5, 0.6) is 11.5 Å². The monoisotopic (exact) mass is 538 g/mol. The van der Waals surface area contributed by atoms with E-state index in [-0.39, 0.29) is 17.2 Å². The van der Waals surface area contributed by atoms with E-state index in [2.05, 4.69) is 5.32 Å². The highest BCUT2D eigenvalue weighted by Gasteiger charge is 2.36. The topological polar surface area (TPSA) is 84.9 Å². The number of benzene rings is 3. The van der Waals surface area contributed by atoms with E-state index < -0.39 is 17.8 Å². The van der Waals surface area contributed by atoms with Gasteiger partial charge in [0.05, 0.1) is 17.3 Å². The largest absolute Gasteiger partial charge is 0.490 e. The first-order valence-electron chi connectivity index (χ1n) is 11.6. The number of barbiturate groups is 1. The Labute approximate surface area is 224 Å². The molecule has 0 radical (unpaired) electrons. The van der Waals surface area contributed by atoms with E-state index in [0.717, 1.165) is 22.4 Å². The van der Waals surface area contributed by atoms with Gasteiger partial charge in [0.25, 0.3) is 11.8 Å². The van der Waals surface area contributed by atoms with E-state index in [4.69, 9.17) is 32.7 Å². The lowest BCUT2D eigenvalue weighted by Crippen LogP contribution is -2.54. The van der Waals surface area contributed by atoms with Crippen molar-refractivity contribution in [3.63, 3.8) is 0 Å². The lowest BCUT2D eigenvalue weighted by Gasteiger charge is -2.26. The third-order valence-electron chi connectivity index (χ3n) is 5.62. The van der Waals surface area contributed by atoms with Crippen LogP contribution < -0.4 is 19.7 Å². The number of carbonyl (C=O) groups excluding carboxylic acids is 3. The molecule has 3 aromatic rings. The van der Waals surface area contributed by atoms with Crippen LogP contribution in [0.25, 0.3) is 6.08 Å².